The second-order valence-electron chi connectivity index (χ2n) is 6.77. The third-order valence-electron chi connectivity index (χ3n) is 4.50. The topological polar surface area (TPSA) is 94.5 Å². The molecule has 33 heavy (non-hydrogen) atoms. The number of hydrazine groups is 1. The quantitative estimate of drug-likeness (QED) is 0.525. The van der Waals surface area contributed by atoms with Gasteiger partial charge in [0.1, 0.15) is 0 Å². The number of ether oxygens (including phenoxy) is 2. The number of amides is 2. The highest BCUT2D eigenvalue weighted by molar-refractivity contribution is 5.96. The van der Waals surface area contributed by atoms with Crippen LogP contribution in [-0.4, -0.2) is 34.8 Å². The fourth-order valence-electron chi connectivity index (χ4n) is 2.92. The van der Waals surface area contributed by atoms with Gasteiger partial charge in [0.25, 0.3) is 11.8 Å². The van der Waals surface area contributed by atoms with E-state index in [-0.39, 0.29) is 17.9 Å². The van der Waals surface area contributed by atoms with Crippen LogP contribution < -0.4 is 20.3 Å². The number of para-hydroxylation sites is 2. The van der Waals surface area contributed by atoms with Crippen LogP contribution in [0.3, 0.4) is 0 Å². The van der Waals surface area contributed by atoms with E-state index in [0.29, 0.717) is 23.8 Å². The van der Waals surface area contributed by atoms with E-state index in [1.165, 1.54) is 29.9 Å². The summed E-state index contributed by atoms with van der Waals surface area (Å²) in [6, 6.07) is 11.4. The Morgan fingerprint density at radius 2 is 1.73 bits per heavy atom. The molecule has 0 fully saturated rings. The summed E-state index contributed by atoms with van der Waals surface area (Å²) in [5.41, 5.74) is 4.14. The standard InChI is InChI=1S/C22H21F3N4O4/c1-3-32-18-9-4-5-10-19(18)33-13-20(30)27-28-21(31)17-12-26-29(14(17)2)16-8-6-7-15(11-16)22(23,24)25/h4-12H,3,13H2,1-2H3,(H,27,30)(H,28,31). The van der Waals surface area contributed by atoms with Gasteiger partial charge in [0.15, 0.2) is 18.1 Å². The number of carbonyl (C=O) groups is 2. The van der Waals surface area contributed by atoms with E-state index in [4.69, 9.17) is 9.47 Å². The maximum Gasteiger partial charge on any atom is 0.416 e. The monoisotopic (exact) mass is 462 g/mol. The molecule has 2 N–H and O–H groups in total. The summed E-state index contributed by atoms with van der Waals surface area (Å²) in [7, 11) is 0. The first-order valence-electron chi connectivity index (χ1n) is 9.86. The molecule has 8 nitrogen and oxygen atoms in total. The largest absolute Gasteiger partial charge is 0.490 e. The van der Waals surface area contributed by atoms with Crippen molar-refractivity contribution in [2.75, 3.05) is 13.2 Å². The molecule has 1 heterocycles. The molecular weight excluding hydrogens is 441 g/mol. The van der Waals surface area contributed by atoms with Gasteiger partial charge in [0, 0.05) is 0 Å². The number of hydrogen-bond donors (Lipinski definition) is 2. The van der Waals surface area contributed by atoms with Crippen molar-refractivity contribution in [3.05, 3.63) is 71.5 Å². The molecule has 3 aromatic rings. The summed E-state index contributed by atoms with van der Waals surface area (Å²) in [6.45, 7) is 3.39. The van der Waals surface area contributed by atoms with Crippen molar-refractivity contribution < 1.29 is 32.2 Å². The van der Waals surface area contributed by atoms with E-state index in [0.717, 1.165) is 12.1 Å². The number of halogens is 3. The molecule has 2 amide bonds. The van der Waals surface area contributed by atoms with Crippen molar-refractivity contribution in [3.8, 4) is 17.2 Å². The second kappa shape index (κ2) is 10.1. The Morgan fingerprint density at radius 1 is 1.03 bits per heavy atom. The molecule has 0 atom stereocenters. The number of rotatable bonds is 7. The number of carbonyl (C=O) groups excluding carboxylic acids is 2. The smallest absolute Gasteiger partial charge is 0.416 e. The Balaban J connectivity index is 1.61. The SMILES string of the molecule is CCOc1ccccc1OCC(=O)NNC(=O)c1cnn(-c2cccc(C(F)(F)F)c2)c1C. The van der Waals surface area contributed by atoms with Crippen LogP contribution >= 0.6 is 0 Å². The molecule has 174 valence electrons. The first kappa shape index (κ1) is 23.6. The van der Waals surface area contributed by atoms with Crippen LogP contribution in [-0.2, 0) is 11.0 Å². The predicted octanol–water partition coefficient (Wildman–Crippen LogP) is 3.44. The minimum Gasteiger partial charge on any atom is -0.490 e. The summed E-state index contributed by atoms with van der Waals surface area (Å²) in [6.07, 6.45) is -3.31. The lowest BCUT2D eigenvalue weighted by Gasteiger charge is -2.12. The molecule has 0 aliphatic heterocycles. The Hall–Kier alpha value is -4.02. The molecular formula is C22H21F3N4O4. The minimum atomic E-state index is -4.51. The zero-order valence-electron chi connectivity index (χ0n) is 17.8. The summed E-state index contributed by atoms with van der Waals surface area (Å²) in [4.78, 5) is 24.5. The zero-order chi connectivity index (χ0) is 24.0. The van der Waals surface area contributed by atoms with E-state index in [2.05, 4.69) is 16.0 Å². The summed E-state index contributed by atoms with van der Waals surface area (Å²) in [5.74, 6) is -0.458. The maximum atomic E-state index is 13.0. The lowest BCUT2D eigenvalue weighted by Crippen LogP contribution is -2.44. The third-order valence-corrected chi connectivity index (χ3v) is 4.50. The van der Waals surface area contributed by atoms with Crippen LogP contribution in [0.1, 0.15) is 28.5 Å². The van der Waals surface area contributed by atoms with E-state index in [9.17, 15) is 22.8 Å². The van der Waals surface area contributed by atoms with E-state index in [1.54, 1.807) is 24.3 Å². The lowest BCUT2D eigenvalue weighted by atomic mass is 10.2. The number of nitrogens with zero attached hydrogens (tertiary/aromatic N) is 2. The van der Waals surface area contributed by atoms with Crippen LogP contribution in [0.5, 0.6) is 11.5 Å². The van der Waals surface area contributed by atoms with Gasteiger partial charge in [-0.05, 0) is 44.2 Å². The third kappa shape index (κ3) is 5.82. The summed E-state index contributed by atoms with van der Waals surface area (Å²) < 4.78 is 51.0. The van der Waals surface area contributed by atoms with E-state index in [1.807, 2.05) is 6.92 Å². The normalized spacial score (nSPS) is 11.1. The van der Waals surface area contributed by atoms with Crippen LogP contribution in [0.2, 0.25) is 0 Å². The van der Waals surface area contributed by atoms with Crippen molar-refractivity contribution in [2.45, 2.75) is 20.0 Å². The van der Waals surface area contributed by atoms with Gasteiger partial charge in [-0.1, -0.05) is 18.2 Å². The second-order valence-corrected chi connectivity index (χ2v) is 6.77. The van der Waals surface area contributed by atoms with Crippen LogP contribution in [0, 0.1) is 6.92 Å². The van der Waals surface area contributed by atoms with Gasteiger partial charge in [-0.25, -0.2) is 4.68 Å². The van der Waals surface area contributed by atoms with Gasteiger partial charge < -0.3 is 9.47 Å². The predicted molar refractivity (Wildman–Crippen MR) is 112 cm³/mol. The fraction of sp³-hybridized carbons (Fsp3) is 0.227. The number of nitrogens with one attached hydrogen (secondary N) is 2. The Kier molecular flexibility index (Phi) is 7.21. The van der Waals surface area contributed by atoms with Crippen molar-refractivity contribution in [1.82, 2.24) is 20.6 Å². The Bertz CT molecular complexity index is 1140. The number of hydrogen-bond acceptors (Lipinski definition) is 5. The molecule has 1 aromatic heterocycles. The summed E-state index contributed by atoms with van der Waals surface area (Å²) >= 11 is 0. The molecule has 0 aliphatic rings. The molecule has 11 heteroatoms. The Labute approximate surface area is 187 Å². The van der Waals surface area contributed by atoms with Crippen molar-refractivity contribution in [1.29, 1.82) is 0 Å². The van der Waals surface area contributed by atoms with Gasteiger partial charge in [0.2, 0.25) is 0 Å². The summed E-state index contributed by atoms with van der Waals surface area (Å²) in [5, 5.41) is 4.00. The molecule has 0 bridgehead atoms. The molecule has 0 unspecified atom stereocenters. The van der Waals surface area contributed by atoms with Gasteiger partial charge in [-0.3, -0.25) is 20.4 Å². The van der Waals surface area contributed by atoms with Crippen LogP contribution in [0.25, 0.3) is 5.69 Å². The average Bonchev–Trinajstić information content (AvgIpc) is 3.18. The number of aromatic nitrogens is 2. The van der Waals surface area contributed by atoms with E-state index >= 15 is 0 Å². The van der Waals surface area contributed by atoms with Crippen molar-refractivity contribution >= 4 is 11.8 Å². The highest BCUT2D eigenvalue weighted by Crippen LogP contribution is 2.30. The van der Waals surface area contributed by atoms with Crippen LogP contribution in [0.15, 0.2) is 54.7 Å². The van der Waals surface area contributed by atoms with Gasteiger partial charge in [-0.2, -0.15) is 18.3 Å². The Morgan fingerprint density at radius 3 is 2.39 bits per heavy atom. The minimum absolute atomic E-state index is 0.0790. The molecule has 2 aromatic carbocycles. The first-order chi connectivity index (χ1) is 15.7. The molecule has 0 saturated heterocycles. The molecule has 0 spiro atoms. The lowest BCUT2D eigenvalue weighted by molar-refractivity contribution is -0.137. The molecule has 0 radical (unpaired) electrons. The van der Waals surface area contributed by atoms with Crippen molar-refractivity contribution in [2.24, 2.45) is 0 Å². The van der Waals surface area contributed by atoms with E-state index < -0.39 is 23.6 Å². The zero-order valence-corrected chi connectivity index (χ0v) is 17.8. The number of alkyl halides is 3. The van der Waals surface area contributed by atoms with Gasteiger partial charge in [-0.15, -0.1) is 0 Å². The number of benzene rings is 2. The van der Waals surface area contributed by atoms with Crippen LogP contribution in [0.4, 0.5) is 13.2 Å². The first-order valence-corrected chi connectivity index (χ1v) is 9.86. The fourth-order valence-corrected chi connectivity index (χ4v) is 2.92. The molecule has 0 saturated carbocycles. The van der Waals surface area contributed by atoms with Gasteiger partial charge >= 0.3 is 6.18 Å². The molecule has 0 aliphatic carbocycles. The average molecular weight is 462 g/mol. The highest BCUT2D eigenvalue weighted by Gasteiger charge is 2.30. The van der Waals surface area contributed by atoms with Gasteiger partial charge in [0.05, 0.1) is 35.3 Å². The maximum absolute atomic E-state index is 13.0. The van der Waals surface area contributed by atoms with Crippen molar-refractivity contribution in [3.63, 3.8) is 0 Å². The molecule has 3 rings (SSSR count). The highest BCUT2D eigenvalue weighted by atomic mass is 19.4.